The highest BCUT2D eigenvalue weighted by Crippen LogP contribution is 2.30. The highest BCUT2D eigenvalue weighted by molar-refractivity contribution is 7.99. The fourth-order valence-electron chi connectivity index (χ4n) is 2.05. The molecular weight excluding hydrogens is 296 g/mol. The van der Waals surface area contributed by atoms with E-state index in [1.54, 1.807) is 6.07 Å². The van der Waals surface area contributed by atoms with Crippen LogP contribution in [0.1, 0.15) is 19.4 Å². The maximum Gasteiger partial charge on any atom is 0.313 e. The number of allylic oxidation sites excluding steroid dienone is 1. The Bertz CT molecular complexity index is 654. The molecule has 1 atom stereocenters. The highest BCUT2D eigenvalue weighted by atomic mass is 35.5. The van der Waals surface area contributed by atoms with Crippen molar-refractivity contribution >= 4 is 40.4 Å². The first-order valence-electron chi connectivity index (χ1n) is 6.16. The molecule has 20 heavy (non-hydrogen) atoms. The molecule has 1 aromatic carbocycles. The minimum absolute atomic E-state index is 0.0160. The number of imidazole rings is 1. The van der Waals surface area contributed by atoms with E-state index in [0.29, 0.717) is 10.2 Å². The largest absolute Gasteiger partial charge is 0.481 e. The third-order valence-corrected chi connectivity index (χ3v) is 4.07. The van der Waals surface area contributed by atoms with Gasteiger partial charge in [0.25, 0.3) is 0 Å². The van der Waals surface area contributed by atoms with Gasteiger partial charge in [-0.2, -0.15) is 0 Å². The van der Waals surface area contributed by atoms with Crippen molar-refractivity contribution in [3.05, 3.63) is 35.9 Å². The van der Waals surface area contributed by atoms with Crippen LogP contribution in [0.3, 0.4) is 0 Å². The lowest BCUT2D eigenvalue weighted by Crippen LogP contribution is -2.07. The van der Waals surface area contributed by atoms with Gasteiger partial charge in [0.1, 0.15) is 0 Å². The van der Waals surface area contributed by atoms with Gasteiger partial charge < -0.3 is 9.67 Å². The van der Waals surface area contributed by atoms with Gasteiger partial charge in [0.15, 0.2) is 5.16 Å². The lowest BCUT2D eigenvalue weighted by Gasteiger charge is -2.15. The van der Waals surface area contributed by atoms with E-state index in [2.05, 4.69) is 18.5 Å². The van der Waals surface area contributed by atoms with Gasteiger partial charge in [-0.05, 0) is 31.5 Å². The van der Waals surface area contributed by atoms with E-state index < -0.39 is 5.97 Å². The SMILES string of the molecule is C=CCC(C)n1c(SCC(=O)O)nc2cc(Cl)ccc21. The summed E-state index contributed by atoms with van der Waals surface area (Å²) in [6.07, 6.45) is 2.63. The predicted octanol–water partition coefficient (Wildman–Crippen LogP) is 4.00. The van der Waals surface area contributed by atoms with Crippen LogP contribution in [-0.4, -0.2) is 26.4 Å². The van der Waals surface area contributed by atoms with Crippen LogP contribution < -0.4 is 0 Å². The van der Waals surface area contributed by atoms with Gasteiger partial charge in [-0.3, -0.25) is 4.79 Å². The molecule has 0 amide bonds. The van der Waals surface area contributed by atoms with Crippen molar-refractivity contribution in [2.24, 2.45) is 0 Å². The molecule has 1 N–H and O–H groups in total. The summed E-state index contributed by atoms with van der Waals surface area (Å²) < 4.78 is 2.04. The maximum atomic E-state index is 10.8. The topological polar surface area (TPSA) is 55.1 Å². The number of fused-ring (bicyclic) bond motifs is 1. The van der Waals surface area contributed by atoms with Gasteiger partial charge in [-0.15, -0.1) is 6.58 Å². The molecular formula is C14H15ClN2O2S. The summed E-state index contributed by atoms with van der Waals surface area (Å²) in [7, 11) is 0. The molecule has 1 unspecified atom stereocenters. The minimum atomic E-state index is -0.858. The molecule has 0 saturated heterocycles. The second kappa shape index (κ2) is 6.33. The summed E-state index contributed by atoms with van der Waals surface area (Å²) >= 11 is 7.20. The van der Waals surface area contributed by atoms with Crippen LogP contribution in [0, 0.1) is 0 Å². The van der Waals surface area contributed by atoms with Crippen molar-refractivity contribution in [3.63, 3.8) is 0 Å². The lowest BCUT2D eigenvalue weighted by molar-refractivity contribution is -0.133. The Morgan fingerprint density at radius 3 is 3.05 bits per heavy atom. The monoisotopic (exact) mass is 310 g/mol. The summed E-state index contributed by atoms with van der Waals surface area (Å²) in [5, 5.41) is 10.1. The third kappa shape index (κ3) is 3.16. The number of aromatic nitrogens is 2. The Morgan fingerprint density at radius 1 is 1.65 bits per heavy atom. The van der Waals surface area contributed by atoms with Crippen LogP contribution in [0.5, 0.6) is 0 Å². The zero-order valence-electron chi connectivity index (χ0n) is 11.0. The van der Waals surface area contributed by atoms with E-state index in [9.17, 15) is 4.79 Å². The zero-order valence-corrected chi connectivity index (χ0v) is 12.6. The van der Waals surface area contributed by atoms with Gasteiger partial charge in [-0.1, -0.05) is 29.4 Å². The number of rotatable bonds is 6. The number of nitrogens with zero attached hydrogens (tertiary/aromatic N) is 2. The summed E-state index contributed by atoms with van der Waals surface area (Å²) in [6, 6.07) is 5.68. The summed E-state index contributed by atoms with van der Waals surface area (Å²) in [5.74, 6) is -0.874. The summed E-state index contributed by atoms with van der Waals surface area (Å²) in [6.45, 7) is 5.81. The van der Waals surface area contributed by atoms with Gasteiger partial charge >= 0.3 is 5.97 Å². The molecule has 0 radical (unpaired) electrons. The molecule has 0 aliphatic carbocycles. The first kappa shape index (κ1) is 14.9. The maximum absolute atomic E-state index is 10.8. The number of carboxylic acids is 1. The Balaban J connectivity index is 2.49. The van der Waals surface area contributed by atoms with Crippen molar-refractivity contribution in [1.82, 2.24) is 9.55 Å². The van der Waals surface area contributed by atoms with Crippen LogP contribution in [0.2, 0.25) is 5.02 Å². The van der Waals surface area contributed by atoms with Crippen LogP contribution in [0.15, 0.2) is 36.0 Å². The Hall–Kier alpha value is -1.46. The van der Waals surface area contributed by atoms with Crippen molar-refractivity contribution in [1.29, 1.82) is 0 Å². The van der Waals surface area contributed by atoms with Gasteiger partial charge in [-0.25, -0.2) is 4.98 Å². The van der Waals surface area contributed by atoms with Gasteiger partial charge in [0, 0.05) is 11.1 Å². The van der Waals surface area contributed by atoms with E-state index in [1.165, 1.54) is 11.8 Å². The van der Waals surface area contributed by atoms with Gasteiger partial charge in [0.05, 0.1) is 16.8 Å². The molecule has 0 bridgehead atoms. The Labute approximate surface area is 126 Å². The van der Waals surface area contributed by atoms with Crippen LogP contribution >= 0.6 is 23.4 Å². The molecule has 106 valence electrons. The average Bonchev–Trinajstić information content (AvgIpc) is 2.74. The fourth-order valence-corrected chi connectivity index (χ4v) is 3.05. The number of thioether (sulfide) groups is 1. The van der Waals surface area contributed by atoms with Crippen molar-refractivity contribution < 1.29 is 9.90 Å². The molecule has 0 aliphatic rings. The molecule has 0 fully saturated rings. The molecule has 0 saturated carbocycles. The molecule has 6 heteroatoms. The second-order valence-electron chi connectivity index (χ2n) is 4.45. The first-order chi connectivity index (χ1) is 9.52. The number of carbonyl (C=O) groups is 1. The second-order valence-corrected chi connectivity index (χ2v) is 5.83. The van der Waals surface area contributed by atoms with Crippen molar-refractivity contribution in [3.8, 4) is 0 Å². The fraction of sp³-hybridized carbons (Fsp3) is 0.286. The van der Waals surface area contributed by atoms with Gasteiger partial charge in [0.2, 0.25) is 0 Å². The van der Waals surface area contributed by atoms with E-state index in [0.717, 1.165) is 17.5 Å². The minimum Gasteiger partial charge on any atom is -0.481 e. The average molecular weight is 311 g/mol. The summed E-state index contributed by atoms with van der Waals surface area (Å²) in [5.41, 5.74) is 1.73. The number of carboxylic acid groups (broad SMARTS) is 1. The number of halogens is 1. The van der Waals surface area contributed by atoms with Crippen LogP contribution in [0.4, 0.5) is 0 Å². The molecule has 0 spiro atoms. The lowest BCUT2D eigenvalue weighted by atomic mass is 10.2. The van der Waals surface area contributed by atoms with Crippen molar-refractivity contribution in [2.45, 2.75) is 24.5 Å². The van der Waals surface area contributed by atoms with E-state index in [1.807, 2.05) is 22.8 Å². The summed E-state index contributed by atoms with van der Waals surface area (Å²) in [4.78, 5) is 15.2. The predicted molar refractivity (Wildman–Crippen MR) is 82.6 cm³/mol. The van der Waals surface area contributed by atoms with Crippen LogP contribution in [-0.2, 0) is 4.79 Å². The third-order valence-electron chi connectivity index (χ3n) is 2.89. The normalized spacial score (nSPS) is 12.5. The number of hydrogen-bond acceptors (Lipinski definition) is 3. The first-order valence-corrected chi connectivity index (χ1v) is 7.52. The molecule has 0 aliphatic heterocycles. The number of hydrogen-bond donors (Lipinski definition) is 1. The van der Waals surface area contributed by atoms with E-state index >= 15 is 0 Å². The number of aliphatic carboxylic acids is 1. The van der Waals surface area contributed by atoms with E-state index in [-0.39, 0.29) is 11.8 Å². The molecule has 1 aromatic heterocycles. The Kier molecular flexibility index (Phi) is 4.73. The molecule has 1 heterocycles. The smallest absolute Gasteiger partial charge is 0.313 e. The number of benzene rings is 1. The van der Waals surface area contributed by atoms with Crippen LogP contribution in [0.25, 0.3) is 11.0 Å². The quantitative estimate of drug-likeness (QED) is 0.647. The molecule has 2 aromatic rings. The van der Waals surface area contributed by atoms with Crippen molar-refractivity contribution in [2.75, 3.05) is 5.75 Å². The highest BCUT2D eigenvalue weighted by Gasteiger charge is 2.16. The molecule has 2 rings (SSSR count). The zero-order chi connectivity index (χ0) is 14.7. The van der Waals surface area contributed by atoms with E-state index in [4.69, 9.17) is 16.7 Å². The standard InChI is InChI=1S/C14H15ClN2O2S/c1-3-4-9(2)17-12-6-5-10(15)7-11(12)16-14(17)20-8-13(18)19/h3,5-7,9H,1,4,8H2,2H3,(H,18,19). The molecule has 4 nitrogen and oxygen atoms in total. The Morgan fingerprint density at radius 2 is 2.40 bits per heavy atom.